The number of pyridine rings is 2. The fourth-order valence-electron chi connectivity index (χ4n) is 2.88. The molecule has 0 aliphatic carbocycles. The third kappa shape index (κ3) is 4.79. The monoisotopic (exact) mass is 412 g/mol. The molecule has 0 amide bonds. The van der Waals surface area contributed by atoms with Gasteiger partial charge in [-0.05, 0) is 48.0 Å². The molecule has 0 radical (unpaired) electrons. The van der Waals surface area contributed by atoms with E-state index < -0.39 is 0 Å². The highest BCUT2D eigenvalue weighted by molar-refractivity contribution is 6.06. The van der Waals surface area contributed by atoms with Crippen molar-refractivity contribution in [3.05, 3.63) is 122 Å². The van der Waals surface area contributed by atoms with Gasteiger partial charge in [-0.3, -0.25) is 14.8 Å². The highest BCUT2D eigenvalue weighted by atomic mass is 19.1. The summed E-state index contributed by atoms with van der Waals surface area (Å²) in [5.74, 6) is -0.637. The number of rotatable bonds is 4. The second-order valence-corrected chi connectivity index (χ2v) is 6.41. The molecule has 5 rings (SSSR count). The Hall–Kier alpha value is -4.39. The predicted molar refractivity (Wildman–Crippen MR) is 113 cm³/mol. The third-order valence-electron chi connectivity index (χ3n) is 4.37. The number of carbonyl (C=O) groups excluding carboxylic acids is 1. The number of halogens is 1. The maximum atomic E-state index is 14.0. The first kappa shape index (κ1) is 19.9. The van der Waals surface area contributed by atoms with E-state index in [1.165, 1.54) is 6.20 Å². The molecule has 0 unspecified atom stereocenters. The molecule has 0 N–H and O–H groups in total. The summed E-state index contributed by atoms with van der Waals surface area (Å²) in [6.07, 6.45) is 10.7. The molecule has 0 fully saturated rings. The molecule has 0 spiro atoms. The van der Waals surface area contributed by atoms with Crippen molar-refractivity contribution in [2.24, 2.45) is 0 Å². The average Bonchev–Trinajstić information content (AvgIpc) is 3.55. The van der Waals surface area contributed by atoms with E-state index in [2.05, 4.69) is 19.4 Å². The van der Waals surface area contributed by atoms with Gasteiger partial charge in [0.1, 0.15) is 23.5 Å². The van der Waals surface area contributed by atoms with Crippen molar-refractivity contribution in [1.82, 2.24) is 19.5 Å². The smallest absolute Gasteiger partial charge is 0.231 e. The van der Waals surface area contributed by atoms with E-state index in [-0.39, 0.29) is 11.6 Å². The zero-order valence-electron chi connectivity index (χ0n) is 16.3. The minimum atomic E-state index is -0.388. The number of benzene rings is 1. The molecule has 6 nitrogen and oxygen atoms in total. The van der Waals surface area contributed by atoms with Gasteiger partial charge in [0.25, 0.3) is 0 Å². The molecular weight excluding hydrogens is 395 g/mol. The van der Waals surface area contributed by atoms with Crippen LogP contribution >= 0.6 is 0 Å². The average molecular weight is 412 g/mol. The molecule has 7 heteroatoms. The third-order valence-corrected chi connectivity index (χ3v) is 4.37. The lowest BCUT2D eigenvalue weighted by atomic mass is 10.1. The summed E-state index contributed by atoms with van der Waals surface area (Å²) in [6.45, 7) is 0. The van der Waals surface area contributed by atoms with Crippen LogP contribution in [0.15, 0.2) is 109 Å². The Morgan fingerprint density at radius 2 is 1.77 bits per heavy atom. The molecule has 4 aromatic heterocycles. The number of hydrogen-bond acceptors (Lipinski definition) is 5. The van der Waals surface area contributed by atoms with E-state index >= 15 is 0 Å². The zero-order valence-corrected chi connectivity index (χ0v) is 16.3. The lowest BCUT2D eigenvalue weighted by Gasteiger charge is -2.06. The van der Waals surface area contributed by atoms with Gasteiger partial charge in [-0.25, -0.2) is 9.37 Å². The topological polar surface area (TPSA) is 73.8 Å². The Kier molecular flexibility index (Phi) is 6.04. The van der Waals surface area contributed by atoms with Crippen molar-refractivity contribution in [3.63, 3.8) is 0 Å². The Morgan fingerprint density at radius 1 is 0.903 bits per heavy atom. The summed E-state index contributed by atoms with van der Waals surface area (Å²) < 4.78 is 20.3. The number of carbonyl (C=O) groups is 1. The van der Waals surface area contributed by atoms with Gasteiger partial charge >= 0.3 is 0 Å². The first-order valence-electron chi connectivity index (χ1n) is 9.39. The van der Waals surface area contributed by atoms with Crippen LogP contribution in [0.1, 0.15) is 16.2 Å². The molecule has 1 aromatic carbocycles. The number of hydrogen-bond donors (Lipinski definition) is 0. The molecule has 0 aliphatic rings. The van der Waals surface area contributed by atoms with Crippen LogP contribution in [0.2, 0.25) is 0 Å². The van der Waals surface area contributed by atoms with Crippen molar-refractivity contribution < 1.29 is 13.6 Å². The Labute approximate surface area is 177 Å². The van der Waals surface area contributed by atoms with Crippen LogP contribution in [-0.2, 0) is 0 Å². The maximum absolute atomic E-state index is 14.0. The minimum absolute atomic E-state index is 0.249. The van der Waals surface area contributed by atoms with Gasteiger partial charge in [0.2, 0.25) is 5.78 Å². The van der Waals surface area contributed by atoms with Gasteiger partial charge < -0.3 is 8.98 Å². The van der Waals surface area contributed by atoms with E-state index in [9.17, 15) is 9.18 Å². The van der Waals surface area contributed by atoms with Crippen molar-refractivity contribution in [1.29, 1.82) is 0 Å². The summed E-state index contributed by atoms with van der Waals surface area (Å²) in [6, 6.07) is 17.8. The van der Waals surface area contributed by atoms with Crippen LogP contribution in [0.25, 0.3) is 16.8 Å². The summed E-state index contributed by atoms with van der Waals surface area (Å²) in [7, 11) is 0. The van der Waals surface area contributed by atoms with Crippen LogP contribution in [0.3, 0.4) is 0 Å². The van der Waals surface area contributed by atoms with Crippen molar-refractivity contribution in [3.8, 4) is 16.8 Å². The number of imidazole rings is 1. The fraction of sp³-hybridized carbons (Fsp3) is 0. The molecular formula is C24H17FN4O2. The standard InChI is InChI=1S/C20H13FN4O.C4H4O/c21-17-11-22-9-7-16(17)14-4-3-5-15(10-14)25-12-19(24-13-25)20(26)18-6-1-2-8-23-18;1-2-4-5-3-1/h1-13H;1-4H. The van der Waals surface area contributed by atoms with Gasteiger partial charge in [-0.2, -0.15) is 0 Å². The Balaban J connectivity index is 0.000000407. The molecule has 0 saturated heterocycles. The summed E-state index contributed by atoms with van der Waals surface area (Å²) in [4.78, 5) is 24.4. The lowest BCUT2D eigenvalue weighted by Crippen LogP contribution is -2.03. The number of ketones is 1. The highest BCUT2D eigenvalue weighted by Crippen LogP contribution is 2.24. The van der Waals surface area contributed by atoms with Crippen molar-refractivity contribution in [2.45, 2.75) is 0 Å². The fourth-order valence-corrected chi connectivity index (χ4v) is 2.88. The van der Waals surface area contributed by atoms with Gasteiger partial charge in [-0.1, -0.05) is 18.2 Å². The zero-order chi connectivity index (χ0) is 21.5. The van der Waals surface area contributed by atoms with Crippen LogP contribution in [0.5, 0.6) is 0 Å². The lowest BCUT2D eigenvalue weighted by molar-refractivity contribution is 0.103. The summed E-state index contributed by atoms with van der Waals surface area (Å²) in [5, 5.41) is 0. The largest absolute Gasteiger partial charge is 0.473 e. The molecule has 0 saturated carbocycles. The van der Waals surface area contributed by atoms with E-state index in [1.807, 2.05) is 36.4 Å². The van der Waals surface area contributed by atoms with E-state index in [0.717, 1.165) is 5.69 Å². The Morgan fingerprint density at radius 3 is 2.48 bits per heavy atom. The van der Waals surface area contributed by atoms with E-state index in [0.29, 0.717) is 22.5 Å². The first-order chi connectivity index (χ1) is 15.2. The summed E-state index contributed by atoms with van der Waals surface area (Å²) >= 11 is 0. The molecule has 152 valence electrons. The molecule has 4 heterocycles. The predicted octanol–water partition coefficient (Wildman–Crippen LogP) is 4.98. The second kappa shape index (κ2) is 9.41. The van der Waals surface area contributed by atoms with Gasteiger partial charge in [0, 0.05) is 29.8 Å². The van der Waals surface area contributed by atoms with Crippen LogP contribution < -0.4 is 0 Å². The molecule has 31 heavy (non-hydrogen) atoms. The van der Waals surface area contributed by atoms with Crippen molar-refractivity contribution >= 4 is 5.78 Å². The maximum Gasteiger partial charge on any atom is 0.231 e. The van der Waals surface area contributed by atoms with Gasteiger partial charge in [0.05, 0.1) is 18.7 Å². The quantitative estimate of drug-likeness (QED) is 0.389. The number of furan rings is 1. The van der Waals surface area contributed by atoms with Crippen molar-refractivity contribution in [2.75, 3.05) is 0 Å². The summed E-state index contributed by atoms with van der Waals surface area (Å²) in [5.41, 5.74) is 2.58. The normalized spacial score (nSPS) is 10.2. The molecule has 0 atom stereocenters. The van der Waals surface area contributed by atoms with Crippen LogP contribution in [0.4, 0.5) is 4.39 Å². The second-order valence-electron chi connectivity index (χ2n) is 6.41. The Bertz CT molecular complexity index is 1250. The van der Waals surface area contributed by atoms with E-state index in [1.54, 1.807) is 66.3 Å². The number of aromatic nitrogens is 4. The molecule has 0 aliphatic heterocycles. The van der Waals surface area contributed by atoms with Gasteiger partial charge in [0.15, 0.2) is 0 Å². The number of nitrogens with zero attached hydrogens (tertiary/aromatic N) is 4. The van der Waals surface area contributed by atoms with Crippen LogP contribution in [-0.4, -0.2) is 25.3 Å². The minimum Gasteiger partial charge on any atom is -0.473 e. The van der Waals surface area contributed by atoms with Crippen LogP contribution in [0, 0.1) is 5.82 Å². The molecule has 5 aromatic rings. The first-order valence-corrected chi connectivity index (χ1v) is 9.39. The van der Waals surface area contributed by atoms with E-state index in [4.69, 9.17) is 0 Å². The SMILES string of the molecule is O=C(c1ccccn1)c1cn(-c2cccc(-c3ccncc3F)c2)cn1.c1ccoc1. The highest BCUT2D eigenvalue weighted by Gasteiger charge is 2.14. The van der Waals surface area contributed by atoms with Gasteiger partial charge in [-0.15, -0.1) is 0 Å². The molecule has 0 bridgehead atoms.